The van der Waals surface area contributed by atoms with Crippen molar-refractivity contribution in [3.05, 3.63) is 46.4 Å². The molecule has 0 aliphatic rings. The maximum atomic E-state index is 11.2. The number of ether oxygens (including phenoxy) is 1. The number of nitrogens with one attached hydrogen (secondary N) is 1. The van der Waals surface area contributed by atoms with E-state index in [0.717, 1.165) is 17.0 Å². The van der Waals surface area contributed by atoms with Gasteiger partial charge < -0.3 is 15.8 Å². The van der Waals surface area contributed by atoms with Crippen LogP contribution in [0.5, 0.6) is 5.75 Å². The summed E-state index contributed by atoms with van der Waals surface area (Å²) >= 11 is 1.56. The van der Waals surface area contributed by atoms with Gasteiger partial charge in [-0.25, -0.2) is 4.98 Å². The SMILES string of the molecule is CC(C)(CNCc1ccc(OCc2cscn2)cc1)C(N)=O.Cl. The van der Waals surface area contributed by atoms with E-state index in [4.69, 9.17) is 10.5 Å². The number of benzene rings is 1. The molecular formula is C16H22ClN3O2S. The van der Waals surface area contributed by atoms with Crippen molar-refractivity contribution in [3.8, 4) is 5.75 Å². The third-order valence-corrected chi connectivity index (χ3v) is 3.99. The maximum Gasteiger partial charge on any atom is 0.224 e. The number of hydrogen-bond acceptors (Lipinski definition) is 5. The Kier molecular flexibility index (Phi) is 7.48. The third kappa shape index (κ3) is 6.17. The van der Waals surface area contributed by atoms with Gasteiger partial charge in [0.1, 0.15) is 12.4 Å². The van der Waals surface area contributed by atoms with Crippen molar-refractivity contribution in [3.63, 3.8) is 0 Å². The van der Waals surface area contributed by atoms with Crippen LogP contribution in [0.3, 0.4) is 0 Å². The molecule has 7 heteroatoms. The lowest BCUT2D eigenvalue weighted by molar-refractivity contribution is -0.125. The number of primary amides is 1. The van der Waals surface area contributed by atoms with E-state index in [0.29, 0.717) is 19.7 Å². The zero-order valence-electron chi connectivity index (χ0n) is 13.2. The van der Waals surface area contributed by atoms with Crippen LogP contribution >= 0.6 is 23.7 Å². The van der Waals surface area contributed by atoms with Crippen LogP contribution in [0.4, 0.5) is 0 Å². The minimum Gasteiger partial charge on any atom is -0.487 e. The molecule has 2 aromatic rings. The summed E-state index contributed by atoms with van der Waals surface area (Å²) in [4.78, 5) is 15.4. The van der Waals surface area contributed by atoms with Gasteiger partial charge in [-0.15, -0.1) is 23.7 Å². The van der Waals surface area contributed by atoms with Crippen LogP contribution in [0.2, 0.25) is 0 Å². The number of nitrogens with zero attached hydrogens (tertiary/aromatic N) is 1. The minimum absolute atomic E-state index is 0. The van der Waals surface area contributed by atoms with Gasteiger partial charge in [0.15, 0.2) is 0 Å². The van der Waals surface area contributed by atoms with Gasteiger partial charge in [0, 0.05) is 18.5 Å². The van der Waals surface area contributed by atoms with Crippen LogP contribution < -0.4 is 15.8 Å². The number of rotatable bonds is 8. The summed E-state index contributed by atoms with van der Waals surface area (Å²) in [5.41, 5.74) is 8.65. The first-order valence-electron chi connectivity index (χ1n) is 7.07. The third-order valence-electron chi connectivity index (χ3n) is 3.36. The van der Waals surface area contributed by atoms with Crippen LogP contribution in [0.15, 0.2) is 35.2 Å². The van der Waals surface area contributed by atoms with Gasteiger partial charge in [0.25, 0.3) is 0 Å². The number of thiazole rings is 1. The Labute approximate surface area is 146 Å². The molecule has 0 spiro atoms. The van der Waals surface area contributed by atoms with Crippen molar-refractivity contribution in [1.29, 1.82) is 0 Å². The zero-order valence-corrected chi connectivity index (χ0v) is 14.9. The molecule has 0 radical (unpaired) electrons. The predicted octanol–water partition coefficient (Wildman–Crippen LogP) is 2.75. The highest BCUT2D eigenvalue weighted by Crippen LogP contribution is 2.15. The van der Waals surface area contributed by atoms with Crippen LogP contribution in [0.25, 0.3) is 0 Å². The second-order valence-corrected chi connectivity index (χ2v) is 6.48. The first-order valence-corrected chi connectivity index (χ1v) is 8.01. The number of aromatic nitrogens is 1. The summed E-state index contributed by atoms with van der Waals surface area (Å²) in [5.74, 6) is 0.514. The van der Waals surface area contributed by atoms with Gasteiger partial charge in [0.05, 0.1) is 16.6 Å². The van der Waals surface area contributed by atoms with E-state index >= 15 is 0 Å². The van der Waals surface area contributed by atoms with E-state index in [1.54, 1.807) is 16.8 Å². The summed E-state index contributed by atoms with van der Waals surface area (Å²) in [5, 5.41) is 5.22. The molecule has 1 aromatic carbocycles. The lowest BCUT2D eigenvalue weighted by Gasteiger charge is -2.20. The van der Waals surface area contributed by atoms with Crippen LogP contribution in [-0.4, -0.2) is 17.4 Å². The molecule has 0 saturated carbocycles. The predicted molar refractivity (Wildman–Crippen MR) is 94.8 cm³/mol. The first kappa shape index (κ1) is 19.4. The minimum atomic E-state index is -0.545. The summed E-state index contributed by atoms with van der Waals surface area (Å²) in [6.45, 7) is 5.37. The Bertz CT molecular complexity index is 600. The number of carbonyl (C=O) groups excluding carboxylic acids is 1. The molecule has 1 aromatic heterocycles. The van der Waals surface area contributed by atoms with E-state index < -0.39 is 5.41 Å². The van der Waals surface area contributed by atoms with E-state index in [1.807, 2.05) is 43.5 Å². The van der Waals surface area contributed by atoms with Crippen molar-refractivity contribution in [1.82, 2.24) is 10.3 Å². The highest BCUT2D eigenvalue weighted by atomic mass is 35.5. The van der Waals surface area contributed by atoms with Crippen LogP contribution in [-0.2, 0) is 17.9 Å². The van der Waals surface area contributed by atoms with Crippen LogP contribution in [0.1, 0.15) is 25.1 Å². The number of halogens is 1. The molecule has 1 heterocycles. The maximum absolute atomic E-state index is 11.2. The molecule has 2 rings (SSSR count). The molecule has 126 valence electrons. The average Bonchev–Trinajstić information content (AvgIpc) is 2.99. The molecule has 23 heavy (non-hydrogen) atoms. The highest BCUT2D eigenvalue weighted by molar-refractivity contribution is 7.07. The van der Waals surface area contributed by atoms with Gasteiger partial charge in [-0.1, -0.05) is 12.1 Å². The molecule has 3 N–H and O–H groups in total. The fraction of sp³-hybridized carbons (Fsp3) is 0.375. The smallest absolute Gasteiger partial charge is 0.224 e. The first-order chi connectivity index (χ1) is 10.5. The van der Waals surface area contributed by atoms with Crippen molar-refractivity contribution in [2.24, 2.45) is 11.1 Å². The number of carbonyl (C=O) groups is 1. The standard InChI is InChI=1S/C16H21N3O2S.ClH/c1-16(2,15(17)20)10-18-7-12-3-5-14(6-4-12)21-8-13-9-22-11-19-13;/h3-6,9,11,18H,7-8,10H2,1-2H3,(H2,17,20);1H. The van der Waals surface area contributed by atoms with Crippen molar-refractivity contribution < 1.29 is 9.53 Å². The molecule has 5 nitrogen and oxygen atoms in total. The van der Waals surface area contributed by atoms with Gasteiger partial charge in [-0.05, 0) is 31.5 Å². The highest BCUT2D eigenvalue weighted by Gasteiger charge is 2.23. The van der Waals surface area contributed by atoms with Gasteiger partial charge in [0.2, 0.25) is 5.91 Å². The van der Waals surface area contributed by atoms with Crippen molar-refractivity contribution in [2.75, 3.05) is 6.54 Å². The fourth-order valence-electron chi connectivity index (χ4n) is 1.78. The Hall–Kier alpha value is -1.63. The van der Waals surface area contributed by atoms with Gasteiger partial charge in [-0.3, -0.25) is 4.79 Å². The second kappa shape index (κ2) is 8.86. The average molecular weight is 356 g/mol. The Morgan fingerprint density at radius 1 is 1.35 bits per heavy atom. The number of amides is 1. The lowest BCUT2D eigenvalue weighted by atomic mass is 9.93. The van der Waals surface area contributed by atoms with E-state index in [1.165, 1.54) is 0 Å². The molecular weight excluding hydrogens is 334 g/mol. The Balaban J connectivity index is 0.00000264. The lowest BCUT2D eigenvalue weighted by Crippen LogP contribution is -2.40. The largest absolute Gasteiger partial charge is 0.487 e. The molecule has 0 bridgehead atoms. The van der Waals surface area contributed by atoms with E-state index in [-0.39, 0.29) is 18.3 Å². The summed E-state index contributed by atoms with van der Waals surface area (Å²) in [7, 11) is 0. The number of nitrogens with two attached hydrogens (primary N) is 1. The Morgan fingerprint density at radius 2 is 2.04 bits per heavy atom. The van der Waals surface area contributed by atoms with Gasteiger partial charge >= 0.3 is 0 Å². The molecule has 0 unspecified atom stereocenters. The fourth-order valence-corrected chi connectivity index (χ4v) is 2.32. The van der Waals surface area contributed by atoms with Crippen molar-refractivity contribution in [2.45, 2.75) is 27.0 Å². The van der Waals surface area contributed by atoms with Crippen LogP contribution in [0, 0.1) is 5.41 Å². The summed E-state index contributed by atoms with van der Waals surface area (Å²) in [6, 6.07) is 7.87. The van der Waals surface area contributed by atoms with E-state index in [9.17, 15) is 4.79 Å². The van der Waals surface area contributed by atoms with E-state index in [2.05, 4.69) is 10.3 Å². The zero-order chi connectivity index (χ0) is 16.0. The molecule has 0 saturated heterocycles. The molecule has 0 aliphatic carbocycles. The number of hydrogen-bond donors (Lipinski definition) is 2. The summed E-state index contributed by atoms with van der Waals surface area (Å²) < 4.78 is 5.66. The second-order valence-electron chi connectivity index (χ2n) is 5.76. The van der Waals surface area contributed by atoms with Crippen molar-refractivity contribution >= 4 is 29.7 Å². The molecule has 0 atom stereocenters. The molecule has 0 aliphatic heterocycles. The molecule has 0 fully saturated rings. The topological polar surface area (TPSA) is 77.2 Å². The quantitative estimate of drug-likeness (QED) is 0.763. The van der Waals surface area contributed by atoms with Gasteiger partial charge in [-0.2, -0.15) is 0 Å². The Morgan fingerprint density at radius 3 is 2.61 bits per heavy atom. The monoisotopic (exact) mass is 355 g/mol. The normalized spacial score (nSPS) is 10.9. The molecule has 1 amide bonds. The summed E-state index contributed by atoms with van der Waals surface area (Å²) in [6.07, 6.45) is 0.